The molecule has 0 amide bonds. The first-order valence-electron chi connectivity index (χ1n) is 4.37. The molecule has 80 valence electrons. The van der Waals surface area contributed by atoms with Crippen molar-refractivity contribution in [3.05, 3.63) is 21.9 Å². The molecule has 3 N–H and O–H groups in total. The second-order valence-electron chi connectivity index (χ2n) is 3.19. The molecule has 1 aromatic heterocycles. The standard InChI is InChI=1S/C9H14F2N2S/c1-7-2-3-14-8(7)4-13-6-9(10,11)5-12/h2-3,13H,4-6,12H2,1H3. The lowest BCUT2D eigenvalue weighted by Crippen LogP contribution is -2.38. The van der Waals surface area contributed by atoms with Gasteiger partial charge in [0, 0.05) is 11.4 Å². The summed E-state index contributed by atoms with van der Waals surface area (Å²) in [6.45, 7) is 1.48. The van der Waals surface area contributed by atoms with Gasteiger partial charge in [0.05, 0.1) is 13.1 Å². The predicted octanol–water partition coefficient (Wildman–Crippen LogP) is 1.74. The highest BCUT2D eigenvalue weighted by Crippen LogP contribution is 2.15. The van der Waals surface area contributed by atoms with Crippen LogP contribution in [0.15, 0.2) is 11.4 Å². The Kier molecular flexibility index (Phi) is 3.97. The summed E-state index contributed by atoms with van der Waals surface area (Å²) in [7, 11) is 0. The highest BCUT2D eigenvalue weighted by molar-refractivity contribution is 7.10. The van der Waals surface area contributed by atoms with Crippen LogP contribution < -0.4 is 11.1 Å². The van der Waals surface area contributed by atoms with Gasteiger partial charge in [-0.1, -0.05) is 0 Å². The van der Waals surface area contributed by atoms with Crippen LogP contribution in [0.4, 0.5) is 8.78 Å². The zero-order valence-corrected chi connectivity index (χ0v) is 8.83. The minimum Gasteiger partial charge on any atom is -0.325 e. The van der Waals surface area contributed by atoms with Crippen molar-refractivity contribution in [2.24, 2.45) is 5.73 Å². The normalized spacial score (nSPS) is 12.0. The molecule has 0 fully saturated rings. The van der Waals surface area contributed by atoms with Crippen LogP contribution in [0.25, 0.3) is 0 Å². The van der Waals surface area contributed by atoms with Gasteiger partial charge >= 0.3 is 0 Å². The van der Waals surface area contributed by atoms with Crippen LogP contribution in [0.5, 0.6) is 0 Å². The monoisotopic (exact) mass is 220 g/mol. The Morgan fingerprint density at radius 3 is 2.79 bits per heavy atom. The molecule has 1 heterocycles. The summed E-state index contributed by atoms with van der Waals surface area (Å²) in [6, 6.07) is 1.97. The molecular formula is C9H14F2N2S. The van der Waals surface area contributed by atoms with E-state index in [1.54, 1.807) is 11.3 Å². The molecule has 0 saturated carbocycles. The van der Waals surface area contributed by atoms with Crippen LogP contribution in [0, 0.1) is 6.92 Å². The van der Waals surface area contributed by atoms with Crippen molar-refractivity contribution in [2.75, 3.05) is 13.1 Å². The van der Waals surface area contributed by atoms with E-state index in [2.05, 4.69) is 5.32 Å². The lowest BCUT2D eigenvalue weighted by molar-refractivity contribution is 0.0116. The lowest BCUT2D eigenvalue weighted by Gasteiger charge is -2.14. The Labute approximate surface area is 86.1 Å². The molecule has 0 aliphatic heterocycles. The molecule has 5 heteroatoms. The van der Waals surface area contributed by atoms with Crippen molar-refractivity contribution >= 4 is 11.3 Å². The predicted molar refractivity (Wildman–Crippen MR) is 54.8 cm³/mol. The Balaban J connectivity index is 2.32. The van der Waals surface area contributed by atoms with Crippen LogP contribution in [0.2, 0.25) is 0 Å². The molecule has 1 rings (SSSR count). The number of alkyl halides is 2. The van der Waals surface area contributed by atoms with Crippen LogP contribution >= 0.6 is 11.3 Å². The van der Waals surface area contributed by atoms with E-state index in [0.29, 0.717) is 6.54 Å². The SMILES string of the molecule is Cc1ccsc1CNCC(F)(F)CN. The molecule has 0 aromatic carbocycles. The van der Waals surface area contributed by atoms with Gasteiger partial charge in [-0.05, 0) is 23.9 Å². The van der Waals surface area contributed by atoms with Gasteiger partial charge in [-0.25, -0.2) is 8.78 Å². The molecule has 0 radical (unpaired) electrons. The van der Waals surface area contributed by atoms with E-state index in [1.807, 2.05) is 18.4 Å². The first-order chi connectivity index (χ1) is 6.55. The van der Waals surface area contributed by atoms with Gasteiger partial charge in [-0.15, -0.1) is 11.3 Å². The summed E-state index contributed by atoms with van der Waals surface area (Å²) in [5.74, 6) is -2.80. The van der Waals surface area contributed by atoms with E-state index in [-0.39, 0.29) is 6.54 Å². The van der Waals surface area contributed by atoms with E-state index < -0.39 is 12.5 Å². The Bertz CT molecular complexity index is 286. The molecule has 0 aliphatic rings. The molecule has 0 atom stereocenters. The summed E-state index contributed by atoms with van der Waals surface area (Å²) < 4.78 is 25.4. The van der Waals surface area contributed by atoms with Gasteiger partial charge in [0.2, 0.25) is 0 Å². The summed E-state index contributed by atoms with van der Waals surface area (Å²) in [5.41, 5.74) is 6.05. The lowest BCUT2D eigenvalue weighted by atomic mass is 10.3. The van der Waals surface area contributed by atoms with Crippen LogP contribution in [0.1, 0.15) is 10.4 Å². The van der Waals surface area contributed by atoms with Crippen molar-refractivity contribution in [1.29, 1.82) is 0 Å². The maximum atomic E-state index is 12.7. The second kappa shape index (κ2) is 4.82. The Hall–Kier alpha value is -0.520. The molecule has 0 unspecified atom stereocenters. The zero-order valence-electron chi connectivity index (χ0n) is 8.02. The minimum absolute atomic E-state index is 0.360. The maximum absolute atomic E-state index is 12.7. The maximum Gasteiger partial charge on any atom is 0.272 e. The van der Waals surface area contributed by atoms with Gasteiger partial charge < -0.3 is 11.1 Å². The van der Waals surface area contributed by atoms with Crippen molar-refractivity contribution in [3.63, 3.8) is 0 Å². The molecule has 0 spiro atoms. The fraction of sp³-hybridized carbons (Fsp3) is 0.556. The van der Waals surface area contributed by atoms with Crippen molar-refractivity contribution in [3.8, 4) is 0 Å². The number of halogens is 2. The van der Waals surface area contributed by atoms with Gasteiger partial charge in [-0.3, -0.25) is 0 Å². The minimum atomic E-state index is -2.80. The highest BCUT2D eigenvalue weighted by atomic mass is 32.1. The van der Waals surface area contributed by atoms with Crippen LogP contribution in [-0.2, 0) is 6.54 Å². The number of aryl methyl sites for hydroxylation is 1. The number of hydrogen-bond acceptors (Lipinski definition) is 3. The molecule has 0 bridgehead atoms. The average Bonchev–Trinajstić information content (AvgIpc) is 2.52. The zero-order chi connectivity index (χ0) is 10.6. The Morgan fingerprint density at radius 2 is 2.29 bits per heavy atom. The van der Waals surface area contributed by atoms with Gasteiger partial charge in [0.25, 0.3) is 5.92 Å². The third-order valence-electron chi connectivity index (χ3n) is 1.94. The highest BCUT2D eigenvalue weighted by Gasteiger charge is 2.25. The average molecular weight is 220 g/mol. The molecule has 0 saturated heterocycles. The molecule has 0 aliphatic carbocycles. The molecule has 2 nitrogen and oxygen atoms in total. The van der Waals surface area contributed by atoms with E-state index in [0.717, 1.165) is 10.4 Å². The Morgan fingerprint density at radius 1 is 1.57 bits per heavy atom. The number of nitrogens with one attached hydrogen (secondary N) is 1. The molecule has 1 aromatic rings. The number of thiophene rings is 1. The van der Waals surface area contributed by atoms with E-state index >= 15 is 0 Å². The van der Waals surface area contributed by atoms with Gasteiger partial charge in [0.1, 0.15) is 0 Å². The van der Waals surface area contributed by atoms with Gasteiger partial charge in [0.15, 0.2) is 0 Å². The summed E-state index contributed by atoms with van der Waals surface area (Å²) in [5, 5.41) is 4.65. The quantitative estimate of drug-likeness (QED) is 0.793. The summed E-state index contributed by atoms with van der Waals surface area (Å²) in [6.07, 6.45) is 0. The third kappa shape index (κ3) is 3.32. The largest absolute Gasteiger partial charge is 0.325 e. The number of rotatable bonds is 5. The second-order valence-corrected chi connectivity index (χ2v) is 4.19. The summed E-state index contributed by atoms with van der Waals surface area (Å²) >= 11 is 1.57. The third-order valence-corrected chi connectivity index (χ3v) is 2.96. The molecular weight excluding hydrogens is 206 g/mol. The van der Waals surface area contributed by atoms with E-state index in [1.165, 1.54) is 0 Å². The molecule has 14 heavy (non-hydrogen) atoms. The fourth-order valence-electron chi connectivity index (χ4n) is 1.02. The first-order valence-corrected chi connectivity index (χ1v) is 5.25. The van der Waals surface area contributed by atoms with Crippen molar-refractivity contribution < 1.29 is 8.78 Å². The summed E-state index contributed by atoms with van der Waals surface area (Å²) in [4.78, 5) is 1.10. The number of nitrogens with two attached hydrogens (primary N) is 1. The van der Waals surface area contributed by atoms with Crippen molar-refractivity contribution in [1.82, 2.24) is 5.32 Å². The first kappa shape index (κ1) is 11.6. The van der Waals surface area contributed by atoms with Crippen LogP contribution in [-0.4, -0.2) is 19.0 Å². The van der Waals surface area contributed by atoms with E-state index in [4.69, 9.17) is 5.73 Å². The van der Waals surface area contributed by atoms with Crippen LogP contribution in [0.3, 0.4) is 0 Å². The topological polar surface area (TPSA) is 38.0 Å². The van der Waals surface area contributed by atoms with Gasteiger partial charge in [-0.2, -0.15) is 0 Å². The fourth-order valence-corrected chi connectivity index (χ4v) is 1.89. The van der Waals surface area contributed by atoms with Crippen molar-refractivity contribution in [2.45, 2.75) is 19.4 Å². The van der Waals surface area contributed by atoms with E-state index in [9.17, 15) is 8.78 Å². The smallest absolute Gasteiger partial charge is 0.272 e. The number of hydrogen-bond donors (Lipinski definition) is 2.